The van der Waals surface area contributed by atoms with E-state index in [4.69, 9.17) is 0 Å². The van der Waals surface area contributed by atoms with Crippen LogP contribution in [0.5, 0.6) is 0 Å². The third-order valence-electron chi connectivity index (χ3n) is 3.24. The predicted octanol–water partition coefficient (Wildman–Crippen LogP) is 1.98. The second kappa shape index (κ2) is 8.09. The first-order chi connectivity index (χ1) is 10.3. The van der Waals surface area contributed by atoms with E-state index < -0.39 is 0 Å². The number of guanidine groups is 1. The molecule has 0 aliphatic heterocycles. The van der Waals surface area contributed by atoms with Gasteiger partial charge in [-0.25, -0.2) is 0 Å². The molecule has 0 spiro atoms. The van der Waals surface area contributed by atoms with E-state index in [9.17, 15) is 0 Å². The second-order valence-corrected chi connectivity index (χ2v) is 4.94. The summed E-state index contributed by atoms with van der Waals surface area (Å²) in [5.74, 6) is 0.916. The molecule has 112 valence electrons. The summed E-state index contributed by atoms with van der Waals surface area (Å²) in [6.45, 7) is 2.64. The third-order valence-corrected chi connectivity index (χ3v) is 3.24. The first kappa shape index (κ1) is 15.1. The molecule has 0 atom stereocenters. The van der Waals surface area contributed by atoms with Gasteiger partial charge in [0.05, 0.1) is 0 Å². The number of benzene rings is 1. The molecule has 1 N–H and O–H groups in total. The SMILES string of the molecule is CN=C(NCCCn1cccn1)N(C)Cc1ccccc1. The molecule has 0 saturated carbocycles. The van der Waals surface area contributed by atoms with Crippen LogP contribution in [0.4, 0.5) is 0 Å². The Hall–Kier alpha value is -2.30. The molecule has 2 aromatic rings. The van der Waals surface area contributed by atoms with Crippen molar-refractivity contribution in [3.8, 4) is 0 Å². The van der Waals surface area contributed by atoms with Gasteiger partial charge < -0.3 is 10.2 Å². The molecule has 21 heavy (non-hydrogen) atoms. The fraction of sp³-hybridized carbons (Fsp3) is 0.375. The van der Waals surface area contributed by atoms with Crippen molar-refractivity contribution in [3.05, 3.63) is 54.4 Å². The topological polar surface area (TPSA) is 45.5 Å². The van der Waals surface area contributed by atoms with Crippen LogP contribution >= 0.6 is 0 Å². The number of nitrogens with zero attached hydrogens (tertiary/aromatic N) is 4. The molecule has 1 aromatic carbocycles. The van der Waals surface area contributed by atoms with E-state index in [0.717, 1.165) is 32.0 Å². The standard InChI is InChI=1S/C16H23N5/c1-17-16(18-10-6-12-21-13-7-11-19-21)20(2)14-15-8-4-3-5-9-15/h3-5,7-9,11,13H,6,10,12,14H2,1-2H3,(H,17,18). The van der Waals surface area contributed by atoms with Crippen molar-refractivity contribution in [1.82, 2.24) is 20.0 Å². The van der Waals surface area contributed by atoms with Crippen LogP contribution in [-0.2, 0) is 13.1 Å². The van der Waals surface area contributed by atoms with Crippen molar-refractivity contribution in [2.75, 3.05) is 20.6 Å². The molecule has 0 fully saturated rings. The van der Waals surface area contributed by atoms with Gasteiger partial charge in [0.15, 0.2) is 5.96 Å². The molecule has 5 heteroatoms. The van der Waals surface area contributed by atoms with E-state index in [2.05, 4.69) is 51.6 Å². The zero-order valence-corrected chi connectivity index (χ0v) is 12.7. The summed E-state index contributed by atoms with van der Waals surface area (Å²) in [5, 5.41) is 7.58. The minimum atomic E-state index is 0.847. The lowest BCUT2D eigenvalue weighted by molar-refractivity contribution is 0.471. The molecule has 1 aromatic heterocycles. The van der Waals surface area contributed by atoms with E-state index in [1.807, 2.05) is 30.1 Å². The van der Waals surface area contributed by atoms with Gasteiger partial charge in [-0.05, 0) is 18.1 Å². The fourth-order valence-corrected chi connectivity index (χ4v) is 2.19. The van der Waals surface area contributed by atoms with E-state index in [-0.39, 0.29) is 0 Å². The van der Waals surface area contributed by atoms with Crippen LogP contribution in [0, 0.1) is 0 Å². The minimum Gasteiger partial charge on any atom is -0.356 e. The van der Waals surface area contributed by atoms with Crippen molar-refractivity contribution in [2.24, 2.45) is 4.99 Å². The Morgan fingerprint density at radius 3 is 2.76 bits per heavy atom. The van der Waals surface area contributed by atoms with Crippen LogP contribution in [0.25, 0.3) is 0 Å². The van der Waals surface area contributed by atoms with Gasteiger partial charge in [-0.3, -0.25) is 9.67 Å². The van der Waals surface area contributed by atoms with Crippen molar-refractivity contribution >= 4 is 5.96 Å². The molecule has 5 nitrogen and oxygen atoms in total. The maximum atomic E-state index is 4.33. The summed E-state index contributed by atoms with van der Waals surface area (Å²) in [7, 11) is 3.87. The number of aryl methyl sites for hydroxylation is 1. The highest BCUT2D eigenvalue weighted by atomic mass is 15.3. The quantitative estimate of drug-likeness (QED) is 0.501. The zero-order valence-electron chi connectivity index (χ0n) is 12.7. The molecule has 0 saturated heterocycles. The van der Waals surface area contributed by atoms with Crippen molar-refractivity contribution in [1.29, 1.82) is 0 Å². The molecule has 0 aliphatic carbocycles. The van der Waals surface area contributed by atoms with Gasteiger partial charge in [-0.2, -0.15) is 5.10 Å². The first-order valence-electron chi connectivity index (χ1n) is 7.22. The van der Waals surface area contributed by atoms with Crippen LogP contribution in [0.1, 0.15) is 12.0 Å². The molecule has 1 heterocycles. The Bertz CT molecular complexity index is 533. The molecular formula is C16H23N5. The highest BCUT2D eigenvalue weighted by Crippen LogP contribution is 2.02. The van der Waals surface area contributed by atoms with Crippen LogP contribution in [-0.4, -0.2) is 41.3 Å². The highest BCUT2D eigenvalue weighted by Gasteiger charge is 2.05. The smallest absolute Gasteiger partial charge is 0.193 e. The molecule has 2 rings (SSSR count). The van der Waals surface area contributed by atoms with Gasteiger partial charge in [-0.1, -0.05) is 30.3 Å². The van der Waals surface area contributed by atoms with Gasteiger partial charge in [-0.15, -0.1) is 0 Å². The number of nitrogens with one attached hydrogen (secondary N) is 1. The molecule has 0 aliphatic rings. The fourth-order valence-electron chi connectivity index (χ4n) is 2.19. The predicted molar refractivity (Wildman–Crippen MR) is 86.1 cm³/mol. The summed E-state index contributed by atoms with van der Waals surface area (Å²) in [6, 6.07) is 12.3. The van der Waals surface area contributed by atoms with Crippen LogP contribution in [0.2, 0.25) is 0 Å². The van der Waals surface area contributed by atoms with E-state index in [1.165, 1.54) is 5.56 Å². The molecular weight excluding hydrogens is 262 g/mol. The van der Waals surface area contributed by atoms with Gasteiger partial charge >= 0.3 is 0 Å². The van der Waals surface area contributed by atoms with Crippen molar-refractivity contribution < 1.29 is 0 Å². The lowest BCUT2D eigenvalue weighted by Crippen LogP contribution is -2.39. The maximum Gasteiger partial charge on any atom is 0.193 e. The average molecular weight is 285 g/mol. The highest BCUT2D eigenvalue weighted by molar-refractivity contribution is 5.79. The first-order valence-corrected chi connectivity index (χ1v) is 7.22. The Kier molecular flexibility index (Phi) is 5.82. The third kappa shape index (κ3) is 4.95. The lowest BCUT2D eigenvalue weighted by Gasteiger charge is -2.22. The van der Waals surface area contributed by atoms with E-state index in [1.54, 1.807) is 6.20 Å². The van der Waals surface area contributed by atoms with Crippen LogP contribution < -0.4 is 5.32 Å². The summed E-state index contributed by atoms with van der Waals surface area (Å²) in [6.07, 6.45) is 4.80. The van der Waals surface area contributed by atoms with Gasteiger partial charge in [0.1, 0.15) is 0 Å². The maximum absolute atomic E-state index is 4.33. The van der Waals surface area contributed by atoms with Crippen molar-refractivity contribution in [2.45, 2.75) is 19.5 Å². The number of hydrogen-bond acceptors (Lipinski definition) is 2. The number of rotatable bonds is 6. The lowest BCUT2D eigenvalue weighted by atomic mass is 10.2. The number of hydrogen-bond donors (Lipinski definition) is 1. The molecule has 0 radical (unpaired) electrons. The number of aromatic nitrogens is 2. The minimum absolute atomic E-state index is 0.847. The average Bonchev–Trinajstić information content (AvgIpc) is 3.01. The molecule has 0 amide bonds. The van der Waals surface area contributed by atoms with E-state index >= 15 is 0 Å². The summed E-state index contributed by atoms with van der Waals surface area (Å²) < 4.78 is 1.94. The summed E-state index contributed by atoms with van der Waals surface area (Å²) >= 11 is 0. The monoisotopic (exact) mass is 285 g/mol. The largest absolute Gasteiger partial charge is 0.356 e. The second-order valence-electron chi connectivity index (χ2n) is 4.94. The van der Waals surface area contributed by atoms with E-state index in [0.29, 0.717) is 0 Å². The molecule has 0 bridgehead atoms. The Morgan fingerprint density at radius 2 is 2.10 bits per heavy atom. The van der Waals surface area contributed by atoms with Gasteiger partial charge in [0, 0.05) is 46.1 Å². The van der Waals surface area contributed by atoms with Crippen LogP contribution in [0.3, 0.4) is 0 Å². The number of aliphatic imine (C=N–C) groups is 1. The summed E-state index contributed by atoms with van der Waals surface area (Å²) in [5.41, 5.74) is 1.28. The van der Waals surface area contributed by atoms with Gasteiger partial charge in [0.25, 0.3) is 0 Å². The normalized spacial score (nSPS) is 11.4. The Labute approximate surface area is 126 Å². The zero-order chi connectivity index (χ0) is 14.9. The Balaban J connectivity index is 1.74. The van der Waals surface area contributed by atoms with Crippen LogP contribution in [0.15, 0.2) is 53.8 Å². The molecule has 0 unspecified atom stereocenters. The Morgan fingerprint density at radius 1 is 1.29 bits per heavy atom. The summed E-state index contributed by atoms with van der Waals surface area (Å²) in [4.78, 5) is 6.46. The van der Waals surface area contributed by atoms with Crippen molar-refractivity contribution in [3.63, 3.8) is 0 Å². The van der Waals surface area contributed by atoms with Gasteiger partial charge in [0.2, 0.25) is 0 Å².